The number of aromatic nitrogens is 4. The zero-order valence-electron chi connectivity index (χ0n) is 12.8. The summed E-state index contributed by atoms with van der Waals surface area (Å²) in [7, 11) is 0. The van der Waals surface area contributed by atoms with Gasteiger partial charge in [0.1, 0.15) is 24.5 Å². The van der Waals surface area contributed by atoms with Crippen LogP contribution in [0.2, 0.25) is 0 Å². The van der Waals surface area contributed by atoms with Gasteiger partial charge in [0.2, 0.25) is 5.91 Å². The average molecular weight is 311 g/mol. The number of nitrogens with zero attached hydrogens (tertiary/aromatic N) is 7. The predicted molar refractivity (Wildman–Crippen MR) is 82.5 cm³/mol. The zero-order valence-corrected chi connectivity index (χ0v) is 12.8. The third-order valence-corrected chi connectivity index (χ3v) is 3.98. The van der Waals surface area contributed by atoms with E-state index < -0.39 is 0 Å². The molecule has 1 aliphatic rings. The Bertz CT molecular complexity index is 714. The van der Waals surface area contributed by atoms with E-state index >= 15 is 0 Å². The van der Waals surface area contributed by atoms with Gasteiger partial charge in [-0.2, -0.15) is 10.4 Å². The summed E-state index contributed by atoms with van der Waals surface area (Å²) in [6, 6.07) is 5.22. The molecule has 0 N–H and O–H groups in total. The van der Waals surface area contributed by atoms with Gasteiger partial charge in [0.15, 0.2) is 0 Å². The van der Waals surface area contributed by atoms with Crippen molar-refractivity contribution in [3.8, 4) is 6.07 Å². The van der Waals surface area contributed by atoms with Crippen LogP contribution in [0, 0.1) is 11.3 Å². The lowest BCUT2D eigenvalue weighted by molar-refractivity contribution is -0.134. The fourth-order valence-electron chi connectivity index (χ4n) is 2.61. The maximum absolute atomic E-state index is 12.5. The highest BCUT2D eigenvalue weighted by Crippen LogP contribution is 2.16. The number of rotatable bonds is 3. The van der Waals surface area contributed by atoms with Gasteiger partial charge in [0, 0.05) is 32.4 Å². The first-order chi connectivity index (χ1) is 11.2. The van der Waals surface area contributed by atoms with E-state index in [1.807, 2.05) is 11.8 Å². The standard InChI is InChI=1S/C15H17N7O/c1-12(22-11-17-10-19-22)15(23)21-6-4-20(5-7-21)14-8-13(9-16)2-3-18-14/h2-3,8,10-12H,4-7H2,1H3/t12-/m1/s1. The highest BCUT2D eigenvalue weighted by atomic mass is 16.2. The van der Waals surface area contributed by atoms with E-state index in [9.17, 15) is 4.79 Å². The van der Waals surface area contributed by atoms with Crippen molar-refractivity contribution >= 4 is 11.7 Å². The molecule has 1 aliphatic heterocycles. The van der Waals surface area contributed by atoms with Gasteiger partial charge in [-0.25, -0.2) is 14.6 Å². The molecule has 0 spiro atoms. The average Bonchev–Trinajstić information content (AvgIpc) is 3.15. The first-order valence-electron chi connectivity index (χ1n) is 7.43. The van der Waals surface area contributed by atoms with Crippen LogP contribution in [0.15, 0.2) is 31.0 Å². The molecule has 8 nitrogen and oxygen atoms in total. The molecule has 0 radical (unpaired) electrons. The SMILES string of the molecule is C[C@H](C(=O)N1CCN(c2cc(C#N)ccn2)CC1)n1cncn1. The van der Waals surface area contributed by atoms with Crippen molar-refractivity contribution in [2.45, 2.75) is 13.0 Å². The Labute approximate surface area is 134 Å². The molecule has 1 amide bonds. The minimum Gasteiger partial charge on any atom is -0.353 e. The van der Waals surface area contributed by atoms with Crippen molar-refractivity contribution in [2.24, 2.45) is 0 Å². The van der Waals surface area contributed by atoms with E-state index in [1.54, 1.807) is 29.3 Å². The summed E-state index contributed by atoms with van der Waals surface area (Å²) < 4.78 is 1.56. The fraction of sp³-hybridized carbons (Fsp3) is 0.400. The minimum atomic E-state index is -0.357. The minimum absolute atomic E-state index is 0.0360. The Kier molecular flexibility index (Phi) is 4.19. The molecule has 2 aromatic rings. The van der Waals surface area contributed by atoms with Crippen molar-refractivity contribution in [3.05, 3.63) is 36.5 Å². The van der Waals surface area contributed by atoms with Gasteiger partial charge in [0.25, 0.3) is 0 Å². The maximum Gasteiger partial charge on any atom is 0.247 e. The first kappa shape index (κ1) is 15.0. The van der Waals surface area contributed by atoms with E-state index in [0.29, 0.717) is 31.7 Å². The van der Waals surface area contributed by atoms with Crippen LogP contribution in [-0.2, 0) is 4.79 Å². The van der Waals surface area contributed by atoms with Gasteiger partial charge in [-0.05, 0) is 19.1 Å². The van der Waals surface area contributed by atoms with Crippen molar-refractivity contribution < 1.29 is 4.79 Å². The summed E-state index contributed by atoms with van der Waals surface area (Å²) in [5.41, 5.74) is 0.591. The van der Waals surface area contributed by atoms with Crippen LogP contribution in [0.3, 0.4) is 0 Å². The number of piperazine rings is 1. The van der Waals surface area contributed by atoms with E-state index in [2.05, 4.69) is 26.0 Å². The van der Waals surface area contributed by atoms with Crippen LogP contribution < -0.4 is 4.90 Å². The van der Waals surface area contributed by atoms with E-state index in [-0.39, 0.29) is 11.9 Å². The molecular weight excluding hydrogens is 294 g/mol. The molecule has 0 unspecified atom stereocenters. The maximum atomic E-state index is 12.5. The Morgan fingerprint density at radius 2 is 2.13 bits per heavy atom. The lowest BCUT2D eigenvalue weighted by Crippen LogP contribution is -2.50. The van der Waals surface area contributed by atoms with Crippen LogP contribution in [0.1, 0.15) is 18.5 Å². The van der Waals surface area contributed by atoms with Gasteiger partial charge < -0.3 is 9.80 Å². The third-order valence-electron chi connectivity index (χ3n) is 3.98. The molecule has 1 fully saturated rings. The highest BCUT2D eigenvalue weighted by Gasteiger charge is 2.26. The molecule has 8 heteroatoms. The Morgan fingerprint density at radius 1 is 1.35 bits per heavy atom. The molecule has 0 saturated carbocycles. The summed E-state index contributed by atoms with van der Waals surface area (Å²) in [6.45, 7) is 4.45. The van der Waals surface area contributed by atoms with E-state index in [0.717, 1.165) is 5.82 Å². The molecule has 0 aromatic carbocycles. The quantitative estimate of drug-likeness (QED) is 0.817. The lowest BCUT2D eigenvalue weighted by Gasteiger charge is -2.36. The highest BCUT2D eigenvalue weighted by molar-refractivity contribution is 5.80. The molecule has 3 heterocycles. The predicted octanol–water partition coefficient (Wildman–Crippen LogP) is 0.455. The largest absolute Gasteiger partial charge is 0.353 e. The molecule has 2 aromatic heterocycles. The zero-order chi connectivity index (χ0) is 16.2. The lowest BCUT2D eigenvalue weighted by atomic mass is 10.2. The molecular formula is C15H17N7O. The van der Waals surface area contributed by atoms with E-state index in [4.69, 9.17) is 5.26 Å². The summed E-state index contributed by atoms with van der Waals surface area (Å²) in [5, 5.41) is 13.0. The fourth-order valence-corrected chi connectivity index (χ4v) is 2.61. The number of pyridine rings is 1. The third kappa shape index (κ3) is 3.13. The van der Waals surface area contributed by atoms with Crippen molar-refractivity contribution in [1.29, 1.82) is 5.26 Å². The van der Waals surface area contributed by atoms with Gasteiger partial charge in [-0.3, -0.25) is 4.79 Å². The van der Waals surface area contributed by atoms with Gasteiger partial charge in [-0.1, -0.05) is 0 Å². The van der Waals surface area contributed by atoms with Crippen LogP contribution in [0.5, 0.6) is 0 Å². The number of nitriles is 1. The topological polar surface area (TPSA) is 90.9 Å². The molecule has 3 rings (SSSR count). The number of hydrogen-bond donors (Lipinski definition) is 0. The van der Waals surface area contributed by atoms with Crippen LogP contribution >= 0.6 is 0 Å². The van der Waals surface area contributed by atoms with Gasteiger partial charge in [0.05, 0.1) is 11.6 Å². The second-order valence-corrected chi connectivity index (χ2v) is 5.38. The van der Waals surface area contributed by atoms with Gasteiger partial charge in [-0.15, -0.1) is 0 Å². The number of hydrogen-bond acceptors (Lipinski definition) is 6. The molecule has 23 heavy (non-hydrogen) atoms. The summed E-state index contributed by atoms with van der Waals surface area (Å²) >= 11 is 0. The van der Waals surface area contributed by atoms with Crippen molar-refractivity contribution in [3.63, 3.8) is 0 Å². The smallest absolute Gasteiger partial charge is 0.247 e. The Hall–Kier alpha value is -2.95. The molecule has 0 bridgehead atoms. The second-order valence-electron chi connectivity index (χ2n) is 5.38. The Morgan fingerprint density at radius 3 is 2.78 bits per heavy atom. The van der Waals surface area contributed by atoms with Crippen LogP contribution in [0.4, 0.5) is 5.82 Å². The van der Waals surface area contributed by atoms with Crippen molar-refractivity contribution in [1.82, 2.24) is 24.6 Å². The second kappa shape index (κ2) is 6.44. The van der Waals surface area contributed by atoms with Crippen molar-refractivity contribution in [2.75, 3.05) is 31.1 Å². The monoisotopic (exact) mass is 311 g/mol. The molecule has 1 saturated heterocycles. The summed E-state index contributed by atoms with van der Waals surface area (Å²) in [6.07, 6.45) is 4.61. The van der Waals surface area contributed by atoms with Crippen LogP contribution in [-0.4, -0.2) is 56.7 Å². The molecule has 0 aliphatic carbocycles. The number of carbonyl (C=O) groups excluding carboxylic acids is 1. The van der Waals surface area contributed by atoms with E-state index in [1.165, 1.54) is 6.33 Å². The Balaban J connectivity index is 1.62. The normalized spacial score (nSPS) is 16.0. The number of carbonyl (C=O) groups is 1. The molecule has 1 atom stereocenters. The van der Waals surface area contributed by atoms with Gasteiger partial charge >= 0.3 is 0 Å². The number of anilines is 1. The first-order valence-corrected chi connectivity index (χ1v) is 7.43. The number of amides is 1. The summed E-state index contributed by atoms with van der Waals surface area (Å²) in [4.78, 5) is 24.6. The summed E-state index contributed by atoms with van der Waals surface area (Å²) in [5.74, 6) is 0.814. The van der Waals surface area contributed by atoms with Crippen LogP contribution in [0.25, 0.3) is 0 Å². The molecule has 118 valence electrons.